The van der Waals surface area contributed by atoms with E-state index in [-0.39, 0.29) is 0 Å². The summed E-state index contributed by atoms with van der Waals surface area (Å²) in [6.07, 6.45) is 1.06. The number of halogens is 1. The van der Waals surface area contributed by atoms with Crippen LogP contribution < -0.4 is 5.32 Å². The largest absolute Gasteiger partial charge is 0.381 e. The van der Waals surface area contributed by atoms with Gasteiger partial charge in [0.1, 0.15) is 0 Å². The topological polar surface area (TPSA) is 21.3 Å². The monoisotopic (exact) mass is 219 g/mol. The first-order chi connectivity index (χ1) is 6.66. The Kier molecular flexibility index (Phi) is 9.47. The average molecular weight is 220 g/mol. The van der Waals surface area contributed by atoms with Gasteiger partial charge in [-0.15, -0.1) is 0 Å². The standard InChI is InChI=1S/C11H22ClNO/c1-10(2)9-14-6-4-5-13-8-11(3)7-12/h7,10,13H,4-6,8-9H2,1-3H3. The Bertz CT molecular complexity index is 157. The summed E-state index contributed by atoms with van der Waals surface area (Å²) >= 11 is 5.52. The second-order valence-electron chi connectivity index (χ2n) is 3.95. The van der Waals surface area contributed by atoms with E-state index in [9.17, 15) is 0 Å². The fraction of sp³-hybridized carbons (Fsp3) is 0.818. The predicted molar refractivity (Wildman–Crippen MR) is 62.8 cm³/mol. The molecule has 14 heavy (non-hydrogen) atoms. The molecule has 0 rings (SSSR count). The molecule has 84 valence electrons. The fourth-order valence-corrected chi connectivity index (χ4v) is 1.02. The first-order valence-corrected chi connectivity index (χ1v) is 5.64. The number of nitrogens with one attached hydrogen (secondary N) is 1. The molecule has 0 aromatic heterocycles. The molecule has 0 aliphatic carbocycles. The highest BCUT2D eigenvalue weighted by molar-refractivity contribution is 6.25. The van der Waals surface area contributed by atoms with Crippen molar-refractivity contribution in [1.29, 1.82) is 0 Å². The molecular weight excluding hydrogens is 198 g/mol. The van der Waals surface area contributed by atoms with Crippen molar-refractivity contribution in [3.63, 3.8) is 0 Å². The van der Waals surface area contributed by atoms with Crippen molar-refractivity contribution in [3.8, 4) is 0 Å². The van der Waals surface area contributed by atoms with E-state index < -0.39 is 0 Å². The van der Waals surface area contributed by atoms with Gasteiger partial charge in [-0.05, 0) is 31.4 Å². The van der Waals surface area contributed by atoms with Crippen molar-refractivity contribution in [2.45, 2.75) is 27.2 Å². The molecule has 0 saturated heterocycles. The van der Waals surface area contributed by atoms with Crippen LogP contribution in [0.2, 0.25) is 0 Å². The maximum Gasteiger partial charge on any atom is 0.0489 e. The summed E-state index contributed by atoms with van der Waals surface area (Å²) < 4.78 is 5.45. The minimum absolute atomic E-state index is 0.629. The maximum absolute atomic E-state index is 5.52. The Morgan fingerprint density at radius 1 is 1.50 bits per heavy atom. The molecule has 0 aliphatic heterocycles. The molecule has 2 nitrogen and oxygen atoms in total. The Morgan fingerprint density at radius 2 is 2.21 bits per heavy atom. The minimum Gasteiger partial charge on any atom is -0.381 e. The number of hydrogen-bond donors (Lipinski definition) is 1. The Labute approximate surface area is 92.7 Å². The number of hydrogen-bond acceptors (Lipinski definition) is 2. The van der Waals surface area contributed by atoms with Gasteiger partial charge in [-0.3, -0.25) is 0 Å². The molecule has 0 aromatic carbocycles. The van der Waals surface area contributed by atoms with Gasteiger partial charge in [0.2, 0.25) is 0 Å². The SMILES string of the molecule is CC(=CCl)CNCCCOCC(C)C. The van der Waals surface area contributed by atoms with Crippen LogP contribution in [0.3, 0.4) is 0 Å². The average Bonchev–Trinajstić information content (AvgIpc) is 2.15. The van der Waals surface area contributed by atoms with Crippen molar-refractivity contribution in [2.75, 3.05) is 26.3 Å². The third-order valence-corrected chi connectivity index (χ3v) is 2.06. The van der Waals surface area contributed by atoms with Gasteiger partial charge in [-0.2, -0.15) is 0 Å². The smallest absolute Gasteiger partial charge is 0.0489 e. The van der Waals surface area contributed by atoms with Gasteiger partial charge in [0.15, 0.2) is 0 Å². The minimum atomic E-state index is 0.629. The van der Waals surface area contributed by atoms with E-state index >= 15 is 0 Å². The molecular formula is C11H22ClNO. The lowest BCUT2D eigenvalue weighted by Crippen LogP contribution is -2.19. The van der Waals surface area contributed by atoms with Crippen molar-refractivity contribution in [3.05, 3.63) is 11.1 Å². The van der Waals surface area contributed by atoms with Crippen molar-refractivity contribution >= 4 is 11.6 Å². The molecule has 1 N–H and O–H groups in total. The van der Waals surface area contributed by atoms with Crippen molar-refractivity contribution < 1.29 is 4.74 Å². The second kappa shape index (κ2) is 9.50. The molecule has 0 bridgehead atoms. The molecule has 0 aromatic rings. The van der Waals surface area contributed by atoms with Crippen LogP contribution in [0.15, 0.2) is 11.1 Å². The summed E-state index contributed by atoms with van der Waals surface area (Å²) in [7, 11) is 0. The zero-order chi connectivity index (χ0) is 10.8. The van der Waals surface area contributed by atoms with Gasteiger partial charge < -0.3 is 10.1 Å². The third-order valence-electron chi connectivity index (χ3n) is 1.68. The van der Waals surface area contributed by atoms with Crippen LogP contribution in [-0.2, 0) is 4.74 Å². The van der Waals surface area contributed by atoms with Crippen LogP contribution in [0.25, 0.3) is 0 Å². The number of rotatable bonds is 8. The van der Waals surface area contributed by atoms with E-state index in [1.807, 2.05) is 6.92 Å². The van der Waals surface area contributed by atoms with Gasteiger partial charge in [0.25, 0.3) is 0 Å². The maximum atomic E-state index is 5.52. The second-order valence-corrected chi connectivity index (χ2v) is 4.17. The Hall–Kier alpha value is -0.0500. The zero-order valence-corrected chi connectivity index (χ0v) is 10.2. The quantitative estimate of drug-likeness (QED) is 0.634. The van der Waals surface area contributed by atoms with Gasteiger partial charge in [-0.1, -0.05) is 25.4 Å². The molecule has 0 unspecified atom stereocenters. The third kappa shape index (κ3) is 10.0. The Morgan fingerprint density at radius 3 is 2.79 bits per heavy atom. The highest BCUT2D eigenvalue weighted by Crippen LogP contribution is 1.94. The Balaban J connectivity index is 3.07. The molecule has 0 spiro atoms. The van der Waals surface area contributed by atoms with Crippen LogP contribution in [0, 0.1) is 5.92 Å². The summed E-state index contributed by atoms with van der Waals surface area (Å²) in [4.78, 5) is 0. The lowest BCUT2D eigenvalue weighted by atomic mass is 10.2. The number of ether oxygens (including phenoxy) is 1. The van der Waals surface area contributed by atoms with Gasteiger partial charge >= 0.3 is 0 Å². The molecule has 0 heterocycles. The van der Waals surface area contributed by atoms with E-state index in [1.54, 1.807) is 5.54 Å². The highest BCUT2D eigenvalue weighted by atomic mass is 35.5. The van der Waals surface area contributed by atoms with Gasteiger partial charge in [0, 0.05) is 25.3 Å². The van der Waals surface area contributed by atoms with Crippen LogP contribution in [0.1, 0.15) is 27.2 Å². The molecule has 3 heteroatoms. The van der Waals surface area contributed by atoms with E-state index in [4.69, 9.17) is 16.3 Å². The molecule has 0 aliphatic rings. The van der Waals surface area contributed by atoms with Crippen LogP contribution in [0.5, 0.6) is 0 Å². The van der Waals surface area contributed by atoms with E-state index in [0.29, 0.717) is 5.92 Å². The van der Waals surface area contributed by atoms with Crippen LogP contribution >= 0.6 is 11.6 Å². The van der Waals surface area contributed by atoms with E-state index in [0.717, 1.165) is 38.3 Å². The zero-order valence-electron chi connectivity index (χ0n) is 9.48. The first kappa shape index (κ1) is 13.9. The van der Waals surface area contributed by atoms with Gasteiger partial charge in [-0.25, -0.2) is 0 Å². The summed E-state index contributed by atoms with van der Waals surface area (Å²) in [6.45, 7) is 9.89. The predicted octanol–water partition coefficient (Wildman–Crippen LogP) is 2.78. The van der Waals surface area contributed by atoms with Gasteiger partial charge in [0.05, 0.1) is 0 Å². The lowest BCUT2D eigenvalue weighted by Gasteiger charge is -2.07. The van der Waals surface area contributed by atoms with E-state index in [1.165, 1.54) is 0 Å². The summed E-state index contributed by atoms with van der Waals surface area (Å²) in [5.41, 5.74) is 2.78. The summed E-state index contributed by atoms with van der Waals surface area (Å²) in [5, 5.41) is 3.29. The van der Waals surface area contributed by atoms with E-state index in [2.05, 4.69) is 19.2 Å². The molecule has 0 atom stereocenters. The van der Waals surface area contributed by atoms with Crippen molar-refractivity contribution in [1.82, 2.24) is 5.32 Å². The highest BCUT2D eigenvalue weighted by Gasteiger charge is 1.93. The molecule has 0 saturated carbocycles. The molecule has 0 radical (unpaired) electrons. The summed E-state index contributed by atoms with van der Waals surface area (Å²) in [5.74, 6) is 0.629. The molecule has 0 fully saturated rings. The first-order valence-electron chi connectivity index (χ1n) is 5.21. The lowest BCUT2D eigenvalue weighted by molar-refractivity contribution is 0.108. The van der Waals surface area contributed by atoms with Crippen LogP contribution in [-0.4, -0.2) is 26.3 Å². The molecule has 0 amide bonds. The van der Waals surface area contributed by atoms with Crippen LogP contribution in [0.4, 0.5) is 0 Å². The normalized spacial score (nSPS) is 12.5. The fourth-order valence-electron chi connectivity index (χ4n) is 0.942. The summed E-state index contributed by atoms with van der Waals surface area (Å²) in [6, 6.07) is 0. The van der Waals surface area contributed by atoms with Crippen molar-refractivity contribution in [2.24, 2.45) is 5.92 Å².